The maximum absolute atomic E-state index is 12.8. The first kappa shape index (κ1) is 18.7. The minimum atomic E-state index is -0.0979. The van der Waals surface area contributed by atoms with Crippen LogP contribution < -0.4 is 5.73 Å². The lowest BCUT2D eigenvalue weighted by Crippen LogP contribution is -2.41. The van der Waals surface area contributed by atoms with Gasteiger partial charge in [-0.1, -0.05) is 42.5 Å². The summed E-state index contributed by atoms with van der Waals surface area (Å²) in [7, 11) is 0. The molecule has 1 saturated heterocycles. The second kappa shape index (κ2) is 8.57. The first-order chi connectivity index (χ1) is 13.7. The molecule has 1 fully saturated rings. The molecule has 0 aliphatic carbocycles. The van der Waals surface area contributed by atoms with Crippen molar-refractivity contribution in [3.8, 4) is 0 Å². The number of nitrogens with zero attached hydrogens (tertiary/aromatic N) is 2. The van der Waals surface area contributed by atoms with Crippen LogP contribution >= 0.6 is 0 Å². The minimum absolute atomic E-state index is 0.0979. The van der Waals surface area contributed by atoms with E-state index in [0.717, 1.165) is 55.6 Å². The number of H-pyrrole nitrogens is 1. The lowest BCUT2D eigenvalue weighted by Gasteiger charge is -2.32. The second-order valence-electron chi connectivity index (χ2n) is 7.81. The summed E-state index contributed by atoms with van der Waals surface area (Å²) in [5.41, 5.74) is 9.58. The Morgan fingerprint density at radius 3 is 2.79 bits per heavy atom. The van der Waals surface area contributed by atoms with E-state index in [-0.39, 0.29) is 17.9 Å². The third-order valence-electron chi connectivity index (χ3n) is 5.65. The number of nitrogens with two attached hydrogens (primary N) is 1. The Morgan fingerprint density at radius 1 is 1.18 bits per heavy atom. The van der Waals surface area contributed by atoms with E-state index >= 15 is 0 Å². The van der Waals surface area contributed by atoms with Crippen molar-refractivity contribution in [2.75, 3.05) is 13.1 Å². The Bertz CT molecular complexity index is 888. The zero-order valence-corrected chi connectivity index (χ0v) is 16.2. The van der Waals surface area contributed by atoms with Gasteiger partial charge in [0.25, 0.3) is 0 Å². The van der Waals surface area contributed by atoms with Crippen molar-refractivity contribution in [3.05, 3.63) is 66.0 Å². The molecular weight excluding hydrogens is 348 g/mol. The van der Waals surface area contributed by atoms with E-state index in [4.69, 9.17) is 10.7 Å². The Morgan fingerprint density at radius 2 is 1.96 bits per heavy atom. The van der Waals surface area contributed by atoms with Crippen LogP contribution in [0.4, 0.5) is 0 Å². The number of likely N-dealkylation sites (tertiary alicyclic amines) is 1. The first-order valence-corrected chi connectivity index (χ1v) is 10.2. The maximum atomic E-state index is 12.8. The van der Waals surface area contributed by atoms with Crippen molar-refractivity contribution >= 4 is 16.9 Å². The van der Waals surface area contributed by atoms with E-state index in [1.54, 1.807) is 0 Å². The lowest BCUT2D eigenvalue weighted by atomic mass is 9.96. The molecule has 1 amide bonds. The predicted molar refractivity (Wildman–Crippen MR) is 112 cm³/mol. The van der Waals surface area contributed by atoms with Gasteiger partial charge in [0.1, 0.15) is 5.82 Å². The Balaban J connectivity index is 1.32. The summed E-state index contributed by atoms with van der Waals surface area (Å²) in [5, 5.41) is 0. The van der Waals surface area contributed by atoms with Gasteiger partial charge in [-0.15, -0.1) is 0 Å². The van der Waals surface area contributed by atoms with Crippen molar-refractivity contribution in [1.29, 1.82) is 0 Å². The van der Waals surface area contributed by atoms with Gasteiger partial charge in [-0.3, -0.25) is 4.79 Å². The van der Waals surface area contributed by atoms with Crippen LogP contribution in [0.1, 0.15) is 43.0 Å². The van der Waals surface area contributed by atoms with Crippen LogP contribution in [0.3, 0.4) is 0 Å². The van der Waals surface area contributed by atoms with Gasteiger partial charge in [0.15, 0.2) is 0 Å². The fraction of sp³-hybridized carbons (Fsp3) is 0.391. The molecule has 146 valence electrons. The number of carbonyl (C=O) groups excluding carboxylic acids is 1. The summed E-state index contributed by atoms with van der Waals surface area (Å²) in [4.78, 5) is 22.9. The first-order valence-electron chi connectivity index (χ1n) is 10.2. The molecule has 5 nitrogen and oxygen atoms in total. The molecule has 4 rings (SSSR count). The van der Waals surface area contributed by atoms with E-state index in [0.29, 0.717) is 6.42 Å². The summed E-state index contributed by atoms with van der Waals surface area (Å²) in [5.74, 6) is 1.43. The van der Waals surface area contributed by atoms with Crippen molar-refractivity contribution in [2.45, 2.75) is 44.1 Å². The maximum Gasteiger partial charge on any atom is 0.224 e. The van der Waals surface area contributed by atoms with Gasteiger partial charge < -0.3 is 15.6 Å². The van der Waals surface area contributed by atoms with Gasteiger partial charge in [-0.05, 0) is 43.4 Å². The smallest absolute Gasteiger partial charge is 0.224 e. The monoisotopic (exact) mass is 376 g/mol. The average Bonchev–Trinajstić information content (AvgIpc) is 3.17. The summed E-state index contributed by atoms with van der Waals surface area (Å²) in [6.45, 7) is 1.55. The highest BCUT2D eigenvalue weighted by atomic mass is 16.2. The predicted octanol–water partition coefficient (Wildman–Crippen LogP) is 3.62. The number of para-hydroxylation sites is 2. The Labute approximate surface area is 166 Å². The average molecular weight is 377 g/mol. The largest absolute Gasteiger partial charge is 0.342 e. The normalized spacial score (nSPS) is 18.3. The number of benzene rings is 2. The van der Waals surface area contributed by atoms with Crippen LogP contribution in [0.2, 0.25) is 0 Å². The number of piperidine rings is 1. The molecule has 28 heavy (non-hydrogen) atoms. The molecule has 1 aliphatic rings. The number of fused-ring (bicyclic) bond motifs is 1. The van der Waals surface area contributed by atoms with E-state index in [1.165, 1.54) is 5.56 Å². The molecule has 0 spiro atoms. The highest BCUT2D eigenvalue weighted by molar-refractivity contribution is 5.77. The van der Waals surface area contributed by atoms with Crippen molar-refractivity contribution in [2.24, 2.45) is 5.73 Å². The van der Waals surface area contributed by atoms with Crippen LogP contribution in [-0.2, 0) is 11.2 Å². The molecule has 3 N–H and O–H groups in total. The third kappa shape index (κ3) is 4.42. The number of aryl methyl sites for hydroxylation is 1. The van der Waals surface area contributed by atoms with Crippen molar-refractivity contribution in [3.63, 3.8) is 0 Å². The van der Waals surface area contributed by atoms with E-state index in [1.807, 2.05) is 47.4 Å². The van der Waals surface area contributed by atoms with Crippen LogP contribution in [0.15, 0.2) is 54.6 Å². The van der Waals surface area contributed by atoms with Crippen LogP contribution in [0.5, 0.6) is 0 Å². The minimum Gasteiger partial charge on any atom is -0.342 e. The molecule has 1 unspecified atom stereocenters. The molecule has 2 atom stereocenters. The summed E-state index contributed by atoms with van der Waals surface area (Å²) < 4.78 is 0. The highest BCUT2D eigenvalue weighted by Crippen LogP contribution is 2.27. The van der Waals surface area contributed by atoms with Crippen LogP contribution in [0, 0.1) is 0 Å². The van der Waals surface area contributed by atoms with Gasteiger partial charge >= 0.3 is 0 Å². The van der Waals surface area contributed by atoms with Crippen molar-refractivity contribution < 1.29 is 4.79 Å². The van der Waals surface area contributed by atoms with E-state index in [2.05, 4.69) is 17.1 Å². The summed E-state index contributed by atoms with van der Waals surface area (Å²) in [6.07, 6.45) is 4.23. The fourth-order valence-electron chi connectivity index (χ4n) is 4.04. The molecule has 2 heterocycles. The number of aromatic amines is 1. The Kier molecular flexibility index (Phi) is 5.72. The fourth-order valence-corrected chi connectivity index (χ4v) is 4.04. The molecular formula is C23H28N4O. The number of aromatic nitrogens is 2. The molecule has 3 aromatic rings. The van der Waals surface area contributed by atoms with Crippen LogP contribution in [0.25, 0.3) is 11.0 Å². The molecule has 2 aromatic carbocycles. The van der Waals surface area contributed by atoms with Gasteiger partial charge in [0.2, 0.25) is 5.91 Å². The molecule has 0 radical (unpaired) electrons. The summed E-state index contributed by atoms with van der Waals surface area (Å²) >= 11 is 0. The third-order valence-corrected chi connectivity index (χ3v) is 5.65. The Hall–Kier alpha value is -2.66. The standard InChI is InChI=1S/C23H28N4O/c24-19(13-12-17-7-2-1-3-8-17)15-22(28)27-14-6-9-18(16-27)23-25-20-10-4-5-11-21(20)26-23/h1-5,7-8,10-11,18-19H,6,9,12-16,24H2,(H,25,26)/t18?,19-/m1/s1. The number of amides is 1. The van der Waals surface area contributed by atoms with E-state index < -0.39 is 0 Å². The number of carbonyl (C=O) groups is 1. The highest BCUT2D eigenvalue weighted by Gasteiger charge is 2.27. The van der Waals surface area contributed by atoms with Gasteiger partial charge in [-0.25, -0.2) is 4.98 Å². The lowest BCUT2D eigenvalue weighted by molar-refractivity contribution is -0.132. The topological polar surface area (TPSA) is 75.0 Å². The summed E-state index contributed by atoms with van der Waals surface area (Å²) in [6, 6.07) is 18.3. The SMILES string of the molecule is N[C@H](CCc1ccccc1)CC(=O)N1CCCC(c2nc3ccccc3[nH]2)C1. The zero-order valence-electron chi connectivity index (χ0n) is 16.2. The van der Waals surface area contributed by atoms with Gasteiger partial charge in [0, 0.05) is 31.5 Å². The molecule has 5 heteroatoms. The number of nitrogens with one attached hydrogen (secondary N) is 1. The molecule has 0 saturated carbocycles. The molecule has 1 aromatic heterocycles. The second-order valence-corrected chi connectivity index (χ2v) is 7.81. The van der Waals surface area contributed by atoms with E-state index in [9.17, 15) is 4.79 Å². The zero-order chi connectivity index (χ0) is 19.3. The quantitative estimate of drug-likeness (QED) is 0.690. The van der Waals surface area contributed by atoms with Crippen LogP contribution in [-0.4, -0.2) is 39.9 Å². The number of rotatable bonds is 6. The number of imidazole rings is 1. The number of hydrogen-bond acceptors (Lipinski definition) is 3. The number of hydrogen-bond donors (Lipinski definition) is 2. The van der Waals surface area contributed by atoms with Crippen molar-refractivity contribution in [1.82, 2.24) is 14.9 Å². The molecule has 0 bridgehead atoms. The van der Waals surface area contributed by atoms with Gasteiger partial charge in [0.05, 0.1) is 11.0 Å². The molecule has 1 aliphatic heterocycles. The van der Waals surface area contributed by atoms with Gasteiger partial charge in [-0.2, -0.15) is 0 Å².